The van der Waals surface area contributed by atoms with Gasteiger partial charge in [-0.05, 0) is 28.7 Å². The van der Waals surface area contributed by atoms with Crippen LogP contribution in [-0.4, -0.2) is 54.5 Å². The molecule has 1 heterocycles. The van der Waals surface area contributed by atoms with Crippen LogP contribution in [0, 0.1) is 5.92 Å². The molecule has 1 fully saturated rings. The summed E-state index contributed by atoms with van der Waals surface area (Å²) < 4.78 is 11.1. The van der Waals surface area contributed by atoms with Gasteiger partial charge in [0.15, 0.2) is 0 Å². The molecular weight excluding hydrogens is 370 g/mol. The Morgan fingerprint density at radius 3 is 2.28 bits per heavy atom. The van der Waals surface area contributed by atoms with Crippen LogP contribution in [0.15, 0.2) is 48.5 Å². The fourth-order valence-electron chi connectivity index (χ4n) is 4.40. The Bertz CT molecular complexity index is 866. The van der Waals surface area contributed by atoms with E-state index in [1.54, 1.807) is 0 Å². The van der Waals surface area contributed by atoms with Gasteiger partial charge in [-0.3, -0.25) is 4.79 Å². The summed E-state index contributed by atoms with van der Waals surface area (Å²) in [6.07, 6.45) is 0.239. The van der Waals surface area contributed by atoms with Crippen LogP contribution in [0.5, 0.6) is 0 Å². The van der Waals surface area contributed by atoms with Gasteiger partial charge in [0.2, 0.25) is 0 Å². The number of fused-ring (bicyclic) bond motifs is 3. The smallest absolute Gasteiger partial charge is 0.410 e. The number of carboxylic acid groups (broad SMARTS) is 1. The van der Waals surface area contributed by atoms with Crippen molar-refractivity contribution >= 4 is 12.1 Å². The zero-order chi connectivity index (χ0) is 20.4. The number of carboxylic acids is 1. The van der Waals surface area contributed by atoms with Crippen molar-refractivity contribution in [1.82, 2.24) is 4.90 Å². The number of carbonyl (C=O) groups excluding carboxylic acids is 1. The molecule has 1 saturated heterocycles. The summed E-state index contributed by atoms with van der Waals surface area (Å²) >= 11 is 0. The lowest BCUT2D eigenvalue weighted by Gasteiger charge is -2.30. The van der Waals surface area contributed by atoms with Crippen LogP contribution in [0.3, 0.4) is 0 Å². The van der Waals surface area contributed by atoms with Crippen LogP contribution in [0.4, 0.5) is 4.79 Å². The van der Waals surface area contributed by atoms with Crippen molar-refractivity contribution in [2.24, 2.45) is 5.92 Å². The quantitative estimate of drug-likeness (QED) is 0.806. The maximum absolute atomic E-state index is 12.9. The molecule has 0 bridgehead atoms. The number of benzene rings is 2. The lowest BCUT2D eigenvalue weighted by Crippen LogP contribution is -2.47. The zero-order valence-corrected chi connectivity index (χ0v) is 16.4. The van der Waals surface area contributed by atoms with E-state index in [9.17, 15) is 14.7 Å². The highest BCUT2D eigenvalue weighted by molar-refractivity contribution is 5.79. The average Bonchev–Trinajstić information content (AvgIpc) is 3.34. The van der Waals surface area contributed by atoms with Crippen LogP contribution >= 0.6 is 0 Å². The predicted molar refractivity (Wildman–Crippen MR) is 108 cm³/mol. The standard InChI is InChI=1S/C23H25NO5/c1-2-11-24(21-14-28-12-20(21)22(25)26)23(27)29-13-19-17-9-5-3-7-15(17)16-8-4-6-10-18(16)19/h3-10,19-21H,2,11-14H2,1H3,(H,25,26). The van der Waals surface area contributed by atoms with E-state index < -0.39 is 24.0 Å². The first-order chi connectivity index (χ1) is 14.1. The van der Waals surface area contributed by atoms with E-state index in [0.29, 0.717) is 13.0 Å². The molecule has 0 saturated carbocycles. The van der Waals surface area contributed by atoms with E-state index in [1.165, 1.54) is 16.0 Å². The third-order valence-corrected chi connectivity index (χ3v) is 5.80. The minimum Gasteiger partial charge on any atom is -0.481 e. The van der Waals surface area contributed by atoms with Crippen molar-refractivity contribution in [2.45, 2.75) is 25.3 Å². The maximum Gasteiger partial charge on any atom is 0.410 e. The molecule has 1 aliphatic heterocycles. The Kier molecular flexibility index (Phi) is 5.53. The molecule has 2 aromatic carbocycles. The van der Waals surface area contributed by atoms with Gasteiger partial charge in [0, 0.05) is 12.5 Å². The molecule has 2 aliphatic rings. The number of rotatable bonds is 6. The number of aliphatic carboxylic acids is 1. The second kappa shape index (κ2) is 8.25. The molecule has 2 aromatic rings. The van der Waals surface area contributed by atoms with Gasteiger partial charge in [0.1, 0.15) is 12.5 Å². The highest BCUT2D eigenvalue weighted by atomic mass is 16.6. The van der Waals surface area contributed by atoms with Crippen molar-refractivity contribution in [3.8, 4) is 11.1 Å². The van der Waals surface area contributed by atoms with E-state index in [0.717, 1.165) is 11.1 Å². The summed E-state index contributed by atoms with van der Waals surface area (Å²) in [6.45, 7) is 2.96. The Morgan fingerprint density at radius 1 is 1.07 bits per heavy atom. The summed E-state index contributed by atoms with van der Waals surface area (Å²) in [6, 6.07) is 15.8. The van der Waals surface area contributed by atoms with Gasteiger partial charge < -0.3 is 19.5 Å². The molecule has 6 heteroatoms. The topological polar surface area (TPSA) is 76.1 Å². The minimum atomic E-state index is -0.944. The van der Waals surface area contributed by atoms with Gasteiger partial charge in [-0.25, -0.2) is 4.79 Å². The molecule has 6 nitrogen and oxygen atoms in total. The van der Waals surface area contributed by atoms with E-state index in [2.05, 4.69) is 24.3 Å². The van der Waals surface area contributed by atoms with E-state index in [4.69, 9.17) is 9.47 Å². The summed E-state index contributed by atoms with van der Waals surface area (Å²) in [5, 5.41) is 9.44. The second-order valence-electron chi connectivity index (χ2n) is 7.55. The SMILES string of the molecule is CCCN(C(=O)OCC1c2ccccc2-c2ccccc21)C1COCC1C(=O)O. The van der Waals surface area contributed by atoms with Crippen LogP contribution in [0.2, 0.25) is 0 Å². The Hall–Kier alpha value is -2.86. The predicted octanol–water partition coefficient (Wildman–Crippen LogP) is 3.75. The molecule has 4 rings (SSSR count). The average molecular weight is 395 g/mol. The first kappa shape index (κ1) is 19.5. The van der Waals surface area contributed by atoms with Gasteiger partial charge in [0.05, 0.1) is 19.3 Å². The van der Waals surface area contributed by atoms with Gasteiger partial charge in [-0.1, -0.05) is 55.5 Å². The van der Waals surface area contributed by atoms with Crippen LogP contribution in [-0.2, 0) is 14.3 Å². The van der Waals surface area contributed by atoms with Gasteiger partial charge in [-0.15, -0.1) is 0 Å². The summed E-state index contributed by atoms with van der Waals surface area (Å²) in [4.78, 5) is 26.0. The van der Waals surface area contributed by atoms with Crippen LogP contribution < -0.4 is 0 Å². The third kappa shape index (κ3) is 3.60. The minimum absolute atomic E-state index is 0.0232. The molecule has 1 amide bonds. The Morgan fingerprint density at radius 2 is 1.69 bits per heavy atom. The van der Waals surface area contributed by atoms with Crippen molar-refractivity contribution < 1.29 is 24.2 Å². The van der Waals surface area contributed by atoms with Crippen molar-refractivity contribution in [3.05, 3.63) is 59.7 Å². The number of carbonyl (C=O) groups is 2. The second-order valence-corrected chi connectivity index (χ2v) is 7.55. The summed E-state index contributed by atoms with van der Waals surface area (Å²) in [7, 11) is 0. The number of amides is 1. The largest absolute Gasteiger partial charge is 0.481 e. The highest BCUT2D eigenvalue weighted by Crippen LogP contribution is 2.44. The van der Waals surface area contributed by atoms with Crippen molar-refractivity contribution in [3.63, 3.8) is 0 Å². The lowest BCUT2D eigenvalue weighted by molar-refractivity contribution is -0.143. The monoisotopic (exact) mass is 395 g/mol. The molecule has 2 unspecified atom stereocenters. The molecule has 29 heavy (non-hydrogen) atoms. The fraction of sp³-hybridized carbons (Fsp3) is 0.391. The molecule has 0 aromatic heterocycles. The molecular formula is C23H25NO5. The number of hydrogen-bond acceptors (Lipinski definition) is 4. The number of hydrogen-bond donors (Lipinski definition) is 1. The van der Waals surface area contributed by atoms with Gasteiger partial charge in [-0.2, -0.15) is 0 Å². The number of ether oxygens (including phenoxy) is 2. The van der Waals surface area contributed by atoms with Crippen LogP contribution in [0.1, 0.15) is 30.4 Å². The van der Waals surface area contributed by atoms with E-state index in [-0.39, 0.29) is 25.7 Å². The summed E-state index contributed by atoms with van der Waals surface area (Å²) in [5.41, 5.74) is 4.64. The zero-order valence-electron chi connectivity index (χ0n) is 16.4. The summed E-state index contributed by atoms with van der Waals surface area (Å²) in [5.74, 6) is -1.69. The van der Waals surface area contributed by atoms with Crippen LogP contribution in [0.25, 0.3) is 11.1 Å². The third-order valence-electron chi connectivity index (χ3n) is 5.80. The van der Waals surface area contributed by atoms with Crippen molar-refractivity contribution in [1.29, 1.82) is 0 Å². The molecule has 0 radical (unpaired) electrons. The van der Waals surface area contributed by atoms with Crippen molar-refractivity contribution in [2.75, 3.05) is 26.4 Å². The highest BCUT2D eigenvalue weighted by Gasteiger charge is 2.40. The lowest BCUT2D eigenvalue weighted by atomic mass is 9.98. The number of nitrogens with zero attached hydrogens (tertiary/aromatic N) is 1. The van der Waals surface area contributed by atoms with Gasteiger partial charge in [0.25, 0.3) is 0 Å². The molecule has 1 N–H and O–H groups in total. The molecule has 152 valence electrons. The normalized spacial score (nSPS) is 20.2. The van der Waals surface area contributed by atoms with E-state index >= 15 is 0 Å². The molecule has 1 aliphatic carbocycles. The van der Waals surface area contributed by atoms with Gasteiger partial charge >= 0.3 is 12.1 Å². The maximum atomic E-state index is 12.9. The molecule has 2 atom stereocenters. The molecule has 0 spiro atoms. The first-order valence-corrected chi connectivity index (χ1v) is 10.0. The first-order valence-electron chi connectivity index (χ1n) is 10.0. The fourth-order valence-corrected chi connectivity index (χ4v) is 4.40. The van der Waals surface area contributed by atoms with E-state index in [1.807, 2.05) is 31.2 Å². The Labute approximate surface area is 170 Å². The Balaban J connectivity index is 1.52.